The van der Waals surface area contributed by atoms with E-state index in [1.165, 1.54) is 0 Å². The van der Waals surface area contributed by atoms with Crippen LogP contribution < -0.4 is 5.32 Å². The first-order valence-electron chi connectivity index (χ1n) is 5.97. The Bertz CT molecular complexity index is 483. The van der Waals surface area contributed by atoms with Gasteiger partial charge in [0.1, 0.15) is 12.1 Å². The Balaban J connectivity index is 2.30. The summed E-state index contributed by atoms with van der Waals surface area (Å²) in [4.78, 5) is 8.90. The fraction of sp³-hybridized carbons (Fsp3) is 0.385. The van der Waals surface area contributed by atoms with Crippen LogP contribution in [0, 0.1) is 0 Å². The molecule has 0 aliphatic heterocycles. The van der Waals surface area contributed by atoms with E-state index in [-0.39, 0.29) is 0 Å². The molecule has 5 nitrogen and oxygen atoms in total. The first kappa shape index (κ1) is 12.6. The molecule has 0 radical (unpaired) electrons. The van der Waals surface area contributed by atoms with Crippen molar-refractivity contribution in [3.05, 3.63) is 30.4 Å². The lowest BCUT2D eigenvalue weighted by Crippen LogP contribution is -2.05. The molecule has 2 aromatic heterocycles. The number of hydrogen-bond acceptors (Lipinski definition) is 5. The van der Waals surface area contributed by atoms with E-state index >= 15 is 0 Å². The Morgan fingerprint density at radius 2 is 2.28 bits per heavy atom. The Morgan fingerprint density at radius 1 is 1.39 bits per heavy atom. The average molecular weight is 247 g/mol. The van der Waals surface area contributed by atoms with Crippen LogP contribution in [0.15, 0.2) is 29.1 Å². The van der Waals surface area contributed by atoms with Gasteiger partial charge < -0.3 is 14.5 Å². The van der Waals surface area contributed by atoms with E-state index in [0.29, 0.717) is 12.4 Å². The first-order chi connectivity index (χ1) is 8.83. The van der Waals surface area contributed by atoms with Gasteiger partial charge in [-0.25, -0.2) is 9.97 Å². The molecule has 2 aromatic rings. The van der Waals surface area contributed by atoms with Crippen LogP contribution >= 0.6 is 0 Å². The summed E-state index contributed by atoms with van der Waals surface area (Å²) in [5, 5.41) is 3.26. The van der Waals surface area contributed by atoms with Crippen molar-refractivity contribution in [1.29, 1.82) is 0 Å². The molecule has 0 bridgehead atoms. The van der Waals surface area contributed by atoms with Gasteiger partial charge in [0.05, 0.1) is 24.1 Å². The van der Waals surface area contributed by atoms with E-state index in [1.54, 1.807) is 19.6 Å². The van der Waals surface area contributed by atoms with E-state index in [1.807, 2.05) is 12.1 Å². The SMILES string of the molecule is CCCNc1cc(COC)nc(-c2ccoc2)n1. The van der Waals surface area contributed by atoms with E-state index in [0.717, 1.165) is 30.0 Å². The second-order valence-corrected chi connectivity index (χ2v) is 3.94. The lowest BCUT2D eigenvalue weighted by atomic mass is 10.3. The molecule has 0 unspecified atom stereocenters. The fourth-order valence-electron chi connectivity index (χ4n) is 1.58. The summed E-state index contributed by atoms with van der Waals surface area (Å²) >= 11 is 0. The Labute approximate surface area is 106 Å². The summed E-state index contributed by atoms with van der Waals surface area (Å²) in [5.74, 6) is 1.46. The van der Waals surface area contributed by atoms with Crippen LogP contribution in [0.4, 0.5) is 5.82 Å². The third kappa shape index (κ3) is 3.07. The van der Waals surface area contributed by atoms with E-state index in [4.69, 9.17) is 9.15 Å². The highest BCUT2D eigenvalue weighted by molar-refractivity contribution is 5.55. The predicted octanol–water partition coefficient (Wildman–Crippen LogP) is 2.70. The molecule has 0 saturated carbocycles. The van der Waals surface area contributed by atoms with Crippen molar-refractivity contribution in [2.24, 2.45) is 0 Å². The highest BCUT2D eigenvalue weighted by Gasteiger charge is 2.07. The Hall–Kier alpha value is -1.88. The van der Waals surface area contributed by atoms with Gasteiger partial charge in [-0.2, -0.15) is 0 Å². The minimum absolute atomic E-state index is 0.466. The fourth-order valence-corrected chi connectivity index (χ4v) is 1.58. The van der Waals surface area contributed by atoms with Crippen LogP contribution in [0.1, 0.15) is 19.0 Å². The van der Waals surface area contributed by atoms with Gasteiger partial charge in [0.25, 0.3) is 0 Å². The van der Waals surface area contributed by atoms with Gasteiger partial charge in [0, 0.05) is 19.7 Å². The number of rotatable bonds is 6. The minimum atomic E-state index is 0.466. The quantitative estimate of drug-likeness (QED) is 0.850. The number of nitrogens with zero attached hydrogens (tertiary/aromatic N) is 2. The van der Waals surface area contributed by atoms with Crippen LogP contribution in [0.3, 0.4) is 0 Å². The van der Waals surface area contributed by atoms with Gasteiger partial charge in [-0.3, -0.25) is 0 Å². The molecule has 0 saturated heterocycles. The van der Waals surface area contributed by atoms with E-state index < -0.39 is 0 Å². The van der Waals surface area contributed by atoms with Crippen LogP contribution in [0.2, 0.25) is 0 Å². The highest BCUT2D eigenvalue weighted by Crippen LogP contribution is 2.18. The van der Waals surface area contributed by atoms with Gasteiger partial charge in [-0.05, 0) is 12.5 Å². The summed E-state index contributed by atoms with van der Waals surface area (Å²) in [5.41, 5.74) is 1.72. The lowest BCUT2D eigenvalue weighted by molar-refractivity contribution is 0.181. The zero-order chi connectivity index (χ0) is 12.8. The van der Waals surface area contributed by atoms with Crippen LogP contribution in [-0.2, 0) is 11.3 Å². The summed E-state index contributed by atoms with van der Waals surface area (Å²) < 4.78 is 10.2. The molecule has 96 valence electrons. The molecule has 0 aromatic carbocycles. The molecule has 5 heteroatoms. The molecule has 18 heavy (non-hydrogen) atoms. The molecule has 2 heterocycles. The molecule has 0 atom stereocenters. The molecule has 0 spiro atoms. The molecule has 1 N–H and O–H groups in total. The minimum Gasteiger partial charge on any atom is -0.472 e. The molecular weight excluding hydrogens is 230 g/mol. The average Bonchev–Trinajstić information content (AvgIpc) is 2.90. The smallest absolute Gasteiger partial charge is 0.165 e. The maximum atomic E-state index is 5.12. The van der Waals surface area contributed by atoms with Gasteiger partial charge >= 0.3 is 0 Å². The highest BCUT2D eigenvalue weighted by atomic mass is 16.5. The van der Waals surface area contributed by atoms with Gasteiger partial charge in [0.15, 0.2) is 5.82 Å². The molecular formula is C13H17N3O2. The molecule has 2 rings (SSSR count). The monoisotopic (exact) mass is 247 g/mol. The third-order valence-electron chi connectivity index (χ3n) is 2.41. The standard InChI is InChI=1S/C13H17N3O2/c1-3-5-14-12-7-11(9-17-2)15-13(16-12)10-4-6-18-8-10/h4,6-8H,3,5,9H2,1-2H3,(H,14,15,16). The van der Waals surface area contributed by atoms with E-state index in [9.17, 15) is 0 Å². The van der Waals surface area contributed by atoms with Crippen molar-refractivity contribution in [3.8, 4) is 11.4 Å². The van der Waals surface area contributed by atoms with Gasteiger partial charge in [0.2, 0.25) is 0 Å². The lowest BCUT2D eigenvalue weighted by Gasteiger charge is -2.08. The zero-order valence-corrected chi connectivity index (χ0v) is 10.6. The van der Waals surface area contributed by atoms with Crippen molar-refractivity contribution in [2.45, 2.75) is 20.0 Å². The molecule has 0 amide bonds. The first-order valence-corrected chi connectivity index (χ1v) is 5.97. The number of ether oxygens (including phenoxy) is 1. The van der Waals surface area contributed by atoms with Crippen LogP contribution in [0.5, 0.6) is 0 Å². The number of anilines is 1. The van der Waals surface area contributed by atoms with E-state index in [2.05, 4.69) is 22.2 Å². The van der Waals surface area contributed by atoms with Crippen LogP contribution in [-0.4, -0.2) is 23.6 Å². The molecule has 0 aliphatic carbocycles. The maximum absolute atomic E-state index is 5.12. The third-order valence-corrected chi connectivity index (χ3v) is 2.41. The largest absolute Gasteiger partial charge is 0.472 e. The second kappa shape index (κ2) is 6.16. The van der Waals surface area contributed by atoms with Gasteiger partial charge in [-0.15, -0.1) is 0 Å². The van der Waals surface area contributed by atoms with Crippen molar-refractivity contribution in [2.75, 3.05) is 19.0 Å². The number of nitrogens with one attached hydrogen (secondary N) is 1. The number of furan rings is 1. The van der Waals surface area contributed by atoms with Crippen molar-refractivity contribution in [1.82, 2.24) is 9.97 Å². The maximum Gasteiger partial charge on any atom is 0.165 e. The predicted molar refractivity (Wildman–Crippen MR) is 69.2 cm³/mol. The Morgan fingerprint density at radius 3 is 2.94 bits per heavy atom. The topological polar surface area (TPSA) is 60.2 Å². The second-order valence-electron chi connectivity index (χ2n) is 3.94. The van der Waals surface area contributed by atoms with Crippen molar-refractivity contribution < 1.29 is 9.15 Å². The number of hydrogen-bond donors (Lipinski definition) is 1. The molecule has 0 aliphatic rings. The van der Waals surface area contributed by atoms with Crippen LogP contribution in [0.25, 0.3) is 11.4 Å². The zero-order valence-electron chi connectivity index (χ0n) is 10.6. The Kier molecular flexibility index (Phi) is 4.30. The summed E-state index contributed by atoms with van der Waals surface area (Å²) in [6.07, 6.45) is 4.29. The summed E-state index contributed by atoms with van der Waals surface area (Å²) in [6, 6.07) is 3.75. The van der Waals surface area contributed by atoms with Gasteiger partial charge in [-0.1, -0.05) is 6.92 Å². The summed E-state index contributed by atoms with van der Waals surface area (Å²) in [7, 11) is 1.65. The summed E-state index contributed by atoms with van der Waals surface area (Å²) in [6.45, 7) is 3.46. The number of aromatic nitrogens is 2. The van der Waals surface area contributed by atoms with Crippen molar-refractivity contribution >= 4 is 5.82 Å². The van der Waals surface area contributed by atoms with Crippen molar-refractivity contribution in [3.63, 3.8) is 0 Å². The number of methoxy groups -OCH3 is 1. The normalized spacial score (nSPS) is 10.6. The molecule has 0 fully saturated rings.